The molecule has 2 saturated carbocycles. The Morgan fingerprint density at radius 2 is 1.87 bits per heavy atom. The van der Waals surface area contributed by atoms with E-state index in [0.29, 0.717) is 41.8 Å². The van der Waals surface area contributed by atoms with E-state index in [1.807, 2.05) is 45.9 Å². The Morgan fingerprint density at radius 3 is 2.54 bits per heavy atom. The number of aryl methyl sites for hydroxylation is 1. The number of ether oxygens (including phenoxy) is 3. The number of esters is 1. The zero-order valence-corrected chi connectivity index (χ0v) is 29.3. The minimum atomic E-state index is -0.776. The van der Waals surface area contributed by atoms with Gasteiger partial charge in [0, 0.05) is 30.5 Å². The number of hydrogen-bond donors (Lipinski definition) is 0. The van der Waals surface area contributed by atoms with Gasteiger partial charge in [0.1, 0.15) is 23.1 Å². The number of fused-ring (bicyclic) bond motifs is 5. The summed E-state index contributed by atoms with van der Waals surface area (Å²) in [5, 5.41) is 0. The van der Waals surface area contributed by atoms with Crippen molar-refractivity contribution in [3.8, 4) is 11.6 Å². The molecule has 1 radical (unpaired) electrons. The molecule has 249 valence electrons. The minimum absolute atomic E-state index is 0. The van der Waals surface area contributed by atoms with Crippen molar-refractivity contribution in [2.45, 2.75) is 116 Å². The third-order valence-corrected chi connectivity index (χ3v) is 10.6. The van der Waals surface area contributed by atoms with Gasteiger partial charge >= 0.3 is 5.97 Å². The Hall–Kier alpha value is -2.65. The van der Waals surface area contributed by atoms with Gasteiger partial charge in [0.15, 0.2) is 0 Å². The molecule has 1 aromatic carbocycles. The van der Waals surface area contributed by atoms with Gasteiger partial charge < -0.3 is 23.9 Å². The van der Waals surface area contributed by atoms with Crippen LogP contribution in [-0.2, 0) is 44.1 Å². The molecule has 6 rings (SSSR count). The van der Waals surface area contributed by atoms with E-state index >= 15 is 0 Å². The summed E-state index contributed by atoms with van der Waals surface area (Å²) in [7, 11) is 1.62. The van der Waals surface area contributed by atoms with Gasteiger partial charge in [-0.1, -0.05) is 65.8 Å². The molecule has 1 aromatic heterocycles. The van der Waals surface area contributed by atoms with Crippen LogP contribution >= 0.6 is 0 Å². The predicted molar refractivity (Wildman–Crippen MR) is 169 cm³/mol. The van der Waals surface area contributed by atoms with Crippen molar-refractivity contribution in [1.29, 1.82) is 0 Å². The summed E-state index contributed by atoms with van der Waals surface area (Å²) in [6.07, 6.45) is 11.3. The number of hydrogen-bond acceptors (Lipinski definition) is 8. The number of aromatic nitrogens is 2. The van der Waals surface area contributed by atoms with E-state index in [4.69, 9.17) is 24.2 Å². The second kappa shape index (κ2) is 13.8. The Balaban J connectivity index is 0.00000417. The zero-order chi connectivity index (χ0) is 31.9. The van der Waals surface area contributed by atoms with E-state index in [-0.39, 0.29) is 54.9 Å². The van der Waals surface area contributed by atoms with Crippen LogP contribution in [0.4, 0.5) is 0 Å². The van der Waals surface area contributed by atoms with E-state index in [1.165, 1.54) is 12.8 Å². The van der Waals surface area contributed by atoms with Gasteiger partial charge in [-0.05, 0) is 61.5 Å². The summed E-state index contributed by atoms with van der Waals surface area (Å²) in [5.74, 6) is 0.698. The van der Waals surface area contributed by atoms with Crippen LogP contribution in [0.25, 0.3) is 11.0 Å². The van der Waals surface area contributed by atoms with Crippen LogP contribution in [0.15, 0.2) is 18.2 Å². The predicted octanol–water partition coefficient (Wildman–Crippen LogP) is 6.00. The Kier molecular flexibility index (Phi) is 10.4. The molecule has 3 fully saturated rings. The number of amides is 1. The van der Waals surface area contributed by atoms with Crippen molar-refractivity contribution in [3.05, 3.63) is 23.9 Å². The van der Waals surface area contributed by atoms with Crippen LogP contribution in [0, 0.1) is 29.1 Å². The first-order valence-corrected chi connectivity index (χ1v) is 17.0. The minimum Gasteiger partial charge on any atom is -0.540 e. The van der Waals surface area contributed by atoms with Crippen molar-refractivity contribution in [2.24, 2.45) is 29.1 Å². The number of carbonyl (C=O) groups excluding carboxylic acids is 3. The first-order chi connectivity index (χ1) is 21.5. The molecule has 2 aliphatic heterocycles. The van der Waals surface area contributed by atoms with E-state index in [1.54, 1.807) is 12.0 Å². The van der Waals surface area contributed by atoms with Gasteiger partial charge in [0.05, 0.1) is 37.0 Å². The second-order valence-corrected chi connectivity index (χ2v) is 14.9. The van der Waals surface area contributed by atoms with E-state index in [2.05, 4.69) is 6.29 Å². The smallest absolute Gasteiger partial charge is 0.307 e. The first kappa shape index (κ1) is 34.7. The fraction of sp³-hybridized carbons (Fsp3) is 0.694. The molecule has 2 bridgehead atoms. The molecule has 0 spiro atoms. The third-order valence-electron chi connectivity index (χ3n) is 10.6. The van der Waals surface area contributed by atoms with Gasteiger partial charge in [0.25, 0.3) is 0 Å². The molecule has 2 aliphatic carbocycles. The van der Waals surface area contributed by atoms with Crippen LogP contribution in [0.3, 0.4) is 0 Å². The molecular formula is C36H48N3O6V-. The molecule has 3 heterocycles. The molecule has 1 amide bonds. The Bertz CT molecular complexity index is 1440. The van der Waals surface area contributed by atoms with E-state index in [9.17, 15) is 14.4 Å². The van der Waals surface area contributed by atoms with Crippen molar-refractivity contribution in [1.82, 2.24) is 14.9 Å². The maximum atomic E-state index is 14.3. The fourth-order valence-corrected chi connectivity index (χ4v) is 7.66. The molecule has 4 aliphatic rings. The topological polar surface area (TPSA) is 108 Å². The van der Waals surface area contributed by atoms with E-state index in [0.717, 1.165) is 49.7 Å². The molecule has 46 heavy (non-hydrogen) atoms. The molecular weight excluding hydrogens is 621 g/mol. The Morgan fingerprint density at radius 1 is 1.09 bits per heavy atom. The monoisotopic (exact) mass is 669 g/mol. The average molecular weight is 670 g/mol. The number of carbonyl (C=O) groups is 2. The summed E-state index contributed by atoms with van der Waals surface area (Å²) >= 11 is 0. The SMILES string of the molecule is CC[C@@H]1[C@@H]2CN(C(=O)[C@H](C(C)(C)C)CC(=O)O[C@]3(CC4CC4)C[C@H]3CCCCCc3nc4ccc(OC)cc4nc3O2)[C@@H]1[C-]=O.[V]. The van der Waals surface area contributed by atoms with Gasteiger partial charge in [-0.25, -0.2) is 16.3 Å². The molecule has 0 unspecified atom stereocenters. The number of benzene rings is 1. The van der Waals surface area contributed by atoms with Crippen LogP contribution in [0.2, 0.25) is 0 Å². The standard InChI is InChI=1S/C36H48N3O6.V/c1-6-25-30(21-40)39-20-31(25)44-33-28(37-27-15-14-24(43-5)16-29(27)38-33)11-9-7-8-10-23-19-36(23,18-22-12-13-22)45-32(41)17-26(34(39)42)35(2,3)4;/h14-16,22-23,25-26,30-31H,6-13,17-20H2,1-5H3;/q-1;/t23-,25+,26-,30-,31+,36-;/m1./s1. The molecule has 9 nitrogen and oxygen atoms in total. The number of nitrogens with zero attached hydrogens (tertiary/aromatic N) is 3. The molecule has 0 N–H and O–H groups in total. The zero-order valence-electron chi connectivity index (χ0n) is 27.9. The Labute approximate surface area is 284 Å². The first-order valence-electron chi connectivity index (χ1n) is 17.0. The van der Waals surface area contributed by atoms with Crippen molar-refractivity contribution >= 4 is 29.2 Å². The van der Waals surface area contributed by atoms with E-state index < -0.39 is 23.5 Å². The van der Waals surface area contributed by atoms with Gasteiger partial charge in [0.2, 0.25) is 11.8 Å². The molecule has 2 aromatic rings. The van der Waals surface area contributed by atoms with Crippen LogP contribution < -0.4 is 9.47 Å². The largest absolute Gasteiger partial charge is 0.540 e. The third kappa shape index (κ3) is 7.25. The van der Waals surface area contributed by atoms with Gasteiger partial charge in [-0.2, -0.15) is 0 Å². The molecule has 10 heteroatoms. The summed E-state index contributed by atoms with van der Waals surface area (Å²) in [6.45, 7) is 8.13. The fourth-order valence-electron chi connectivity index (χ4n) is 7.66. The number of rotatable bonds is 5. The van der Waals surface area contributed by atoms with Crippen molar-refractivity contribution in [2.75, 3.05) is 13.7 Å². The maximum Gasteiger partial charge on any atom is 0.307 e. The van der Waals surface area contributed by atoms with Crippen LogP contribution in [0.1, 0.15) is 97.6 Å². The quantitative estimate of drug-likeness (QED) is 0.282. The van der Waals surface area contributed by atoms with Crippen LogP contribution in [-0.4, -0.2) is 64.4 Å². The molecule has 6 atom stereocenters. The van der Waals surface area contributed by atoms with Crippen molar-refractivity contribution < 1.29 is 47.1 Å². The van der Waals surface area contributed by atoms with Gasteiger partial charge in [-0.3, -0.25) is 9.59 Å². The summed E-state index contributed by atoms with van der Waals surface area (Å²) in [4.78, 5) is 51.8. The van der Waals surface area contributed by atoms with Crippen molar-refractivity contribution in [3.63, 3.8) is 0 Å². The second-order valence-electron chi connectivity index (χ2n) is 14.9. The van der Waals surface area contributed by atoms with Gasteiger partial charge in [-0.15, -0.1) is 0 Å². The summed E-state index contributed by atoms with van der Waals surface area (Å²) in [5.41, 5.74) is 1.32. The van der Waals surface area contributed by atoms with Crippen LogP contribution in [0.5, 0.6) is 11.6 Å². The maximum absolute atomic E-state index is 14.3. The summed E-state index contributed by atoms with van der Waals surface area (Å²) in [6, 6.07) is 4.86. The summed E-state index contributed by atoms with van der Waals surface area (Å²) < 4.78 is 18.4. The normalized spacial score (nSPS) is 30.5. The molecule has 1 saturated heterocycles. The number of methoxy groups -OCH3 is 1. The average Bonchev–Trinajstić information content (AvgIpc) is 3.91.